The molecule has 3 rings (SSSR count). The molecule has 7 unspecified atom stereocenters. The van der Waals surface area contributed by atoms with Gasteiger partial charge in [0.15, 0.2) is 5.78 Å². The Hall–Kier alpha value is -0.630. The van der Waals surface area contributed by atoms with Crippen molar-refractivity contribution in [3.63, 3.8) is 0 Å². The van der Waals surface area contributed by atoms with Crippen LogP contribution in [0.15, 0.2) is 11.6 Å². The van der Waals surface area contributed by atoms with Crippen LogP contribution < -0.4 is 0 Å². The third-order valence-electron chi connectivity index (χ3n) is 8.60. The molecule has 0 saturated heterocycles. The first-order valence-electron chi connectivity index (χ1n) is 10.2. The molecular formula is C22H36O2. The van der Waals surface area contributed by atoms with Gasteiger partial charge in [0, 0.05) is 6.42 Å². The van der Waals surface area contributed by atoms with Gasteiger partial charge in [-0.25, -0.2) is 0 Å². The maximum Gasteiger partial charge on any atom is 0.155 e. The molecule has 0 heterocycles. The van der Waals surface area contributed by atoms with Crippen LogP contribution >= 0.6 is 0 Å². The second-order valence-corrected chi connectivity index (χ2v) is 9.45. The Morgan fingerprint density at radius 3 is 2.54 bits per heavy atom. The standard InChI is InChI=1S/C22H36O2/c1-6-19-18-8-7-16-13-17(24)9-11-22(16,5)20(18)10-12-21(19,4)14(2)15(3)23/h13-15,18-20,23H,6-12H2,1-5H3. The van der Waals surface area contributed by atoms with Gasteiger partial charge in [0.05, 0.1) is 6.10 Å². The number of aliphatic hydroxyl groups is 1. The monoisotopic (exact) mass is 332 g/mol. The Balaban J connectivity index is 1.93. The van der Waals surface area contributed by atoms with E-state index >= 15 is 0 Å². The number of carbonyl (C=O) groups is 1. The molecule has 136 valence electrons. The van der Waals surface area contributed by atoms with Gasteiger partial charge in [0.1, 0.15) is 0 Å². The van der Waals surface area contributed by atoms with Crippen molar-refractivity contribution in [1.29, 1.82) is 0 Å². The summed E-state index contributed by atoms with van der Waals surface area (Å²) in [5.74, 6) is 2.87. The third kappa shape index (κ3) is 2.60. The molecule has 2 fully saturated rings. The minimum Gasteiger partial charge on any atom is -0.393 e. The molecule has 3 aliphatic carbocycles. The molecule has 0 spiro atoms. The molecule has 0 aromatic carbocycles. The van der Waals surface area contributed by atoms with E-state index in [-0.39, 0.29) is 16.9 Å². The van der Waals surface area contributed by atoms with Crippen LogP contribution in [-0.2, 0) is 4.79 Å². The third-order valence-corrected chi connectivity index (χ3v) is 8.60. The van der Waals surface area contributed by atoms with Crippen LogP contribution in [0, 0.1) is 34.5 Å². The van der Waals surface area contributed by atoms with Gasteiger partial charge in [0.25, 0.3) is 0 Å². The Kier molecular flexibility index (Phi) is 4.75. The number of hydrogen-bond donors (Lipinski definition) is 1. The Morgan fingerprint density at radius 2 is 1.92 bits per heavy atom. The van der Waals surface area contributed by atoms with Crippen LogP contribution in [0.2, 0.25) is 0 Å². The summed E-state index contributed by atoms with van der Waals surface area (Å²) in [5, 5.41) is 10.3. The smallest absolute Gasteiger partial charge is 0.155 e. The highest BCUT2D eigenvalue weighted by Crippen LogP contribution is 2.63. The lowest BCUT2D eigenvalue weighted by Crippen LogP contribution is -2.53. The summed E-state index contributed by atoms with van der Waals surface area (Å²) in [6.07, 6.45) is 9.59. The van der Waals surface area contributed by atoms with Gasteiger partial charge in [0.2, 0.25) is 0 Å². The average Bonchev–Trinajstić information content (AvgIpc) is 2.54. The van der Waals surface area contributed by atoms with Crippen LogP contribution in [0.3, 0.4) is 0 Å². The van der Waals surface area contributed by atoms with Gasteiger partial charge in [-0.15, -0.1) is 0 Å². The van der Waals surface area contributed by atoms with Crippen molar-refractivity contribution < 1.29 is 9.90 Å². The van der Waals surface area contributed by atoms with Crippen LogP contribution in [-0.4, -0.2) is 17.0 Å². The molecule has 0 amide bonds. The zero-order valence-electron chi connectivity index (χ0n) is 16.3. The summed E-state index contributed by atoms with van der Waals surface area (Å²) in [6, 6.07) is 0. The summed E-state index contributed by atoms with van der Waals surface area (Å²) < 4.78 is 0. The van der Waals surface area contributed by atoms with E-state index in [1.54, 1.807) is 0 Å². The molecule has 1 N–H and O–H groups in total. The SMILES string of the molecule is CCC1C2CCC3=CC(=O)CCC3(C)C2CCC1(C)C(C)C(C)O. The van der Waals surface area contributed by atoms with E-state index in [9.17, 15) is 9.90 Å². The number of allylic oxidation sites excluding steroid dienone is 2. The first-order chi connectivity index (χ1) is 11.2. The molecule has 0 aromatic heterocycles. The fourth-order valence-corrected chi connectivity index (χ4v) is 6.79. The minimum atomic E-state index is -0.234. The van der Waals surface area contributed by atoms with Crippen molar-refractivity contribution >= 4 is 5.78 Å². The molecule has 0 aromatic rings. The molecule has 2 heteroatoms. The lowest BCUT2D eigenvalue weighted by molar-refractivity contribution is -0.120. The Morgan fingerprint density at radius 1 is 1.21 bits per heavy atom. The normalized spacial score (nSPS) is 45.0. The van der Waals surface area contributed by atoms with Crippen molar-refractivity contribution in [1.82, 2.24) is 0 Å². The zero-order valence-corrected chi connectivity index (χ0v) is 16.3. The quantitative estimate of drug-likeness (QED) is 0.776. The molecular weight excluding hydrogens is 296 g/mol. The van der Waals surface area contributed by atoms with E-state index in [0.29, 0.717) is 17.6 Å². The van der Waals surface area contributed by atoms with E-state index in [2.05, 4.69) is 27.7 Å². The van der Waals surface area contributed by atoms with E-state index in [0.717, 1.165) is 31.1 Å². The first kappa shape index (κ1) is 18.2. The summed E-state index contributed by atoms with van der Waals surface area (Å²) >= 11 is 0. The van der Waals surface area contributed by atoms with E-state index in [1.165, 1.54) is 31.3 Å². The fraction of sp³-hybridized carbons (Fsp3) is 0.864. The predicted molar refractivity (Wildman–Crippen MR) is 98.6 cm³/mol. The predicted octanol–water partition coefficient (Wildman–Crippen LogP) is 5.15. The lowest BCUT2D eigenvalue weighted by atomic mass is 9.45. The average molecular weight is 333 g/mol. The van der Waals surface area contributed by atoms with Gasteiger partial charge in [-0.3, -0.25) is 4.79 Å². The molecule has 2 nitrogen and oxygen atoms in total. The number of carbonyl (C=O) groups excluding carboxylic acids is 1. The fourth-order valence-electron chi connectivity index (χ4n) is 6.79. The van der Waals surface area contributed by atoms with E-state index in [1.807, 2.05) is 13.0 Å². The van der Waals surface area contributed by atoms with Crippen LogP contribution in [0.4, 0.5) is 0 Å². The van der Waals surface area contributed by atoms with Crippen LogP contribution in [0.1, 0.15) is 79.6 Å². The highest BCUT2D eigenvalue weighted by Gasteiger charge is 2.56. The number of aliphatic hydroxyl groups excluding tert-OH is 1. The number of fused-ring (bicyclic) bond motifs is 3. The van der Waals surface area contributed by atoms with Gasteiger partial charge in [-0.1, -0.05) is 39.7 Å². The van der Waals surface area contributed by atoms with Gasteiger partial charge in [-0.2, -0.15) is 0 Å². The molecule has 0 aliphatic heterocycles. The largest absolute Gasteiger partial charge is 0.393 e. The van der Waals surface area contributed by atoms with Gasteiger partial charge < -0.3 is 5.11 Å². The van der Waals surface area contributed by atoms with Gasteiger partial charge >= 0.3 is 0 Å². The minimum absolute atomic E-state index is 0.234. The second kappa shape index (κ2) is 6.27. The Labute approximate surface area is 148 Å². The van der Waals surface area contributed by atoms with E-state index in [4.69, 9.17) is 0 Å². The number of hydrogen-bond acceptors (Lipinski definition) is 2. The zero-order chi connectivity index (χ0) is 17.7. The van der Waals surface area contributed by atoms with Crippen molar-refractivity contribution in [2.45, 2.75) is 85.7 Å². The Bertz CT molecular complexity index is 534. The van der Waals surface area contributed by atoms with Crippen molar-refractivity contribution in [3.8, 4) is 0 Å². The molecule has 24 heavy (non-hydrogen) atoms. The highest BCUT2D eigenvalue weighted by molar-refractivity contribution is 5.91. The van der Waals surface area contributed by atoms with Crippen LogP contribution in [0.25, 0.3) is 0 Å². The van der Waals surface area contributed by atoms with E-state index < -0.39 is 0 Å². The second-order valence-electron chi connectivity index (χ2n) is 9.45. The summed E-state index contributed by atoms with van der Waals surface area (Å²) in [6.45, 7) is 11.4. The summed E-state index contributed by atoms with van der Waals surface area (Å²) in [5.41, 5.74) is 1.94. The first-order valence-corrected chi connectivity index (χ1v) is 10.2. The summed E-state index contributed by atoms with van der Waals surface area (Å²) in [4.78, 5) is 11.9. The number of ketones is 1. The number of rotatable bonds is 3. The lowest BCUT2D eigenvalue weighted by Gasteiger charge is -2.60. The van der Waals surface area contributed by atoms with Crippen molar-refractivity contribution in [2.75, 3.05) is 0 Å². The molecule has 0 radical (unpaired) electrons. The maximum atomic E-state index is 11.9. The highest BCUT2D eigenvalue weighted by atomic mass is 16.3. The van der Waals surface area contributed by atoms with Crippen molar-refractivity contribution in [2.24, 2.45) is 34.5 Å². The molecule has 3 aliphatic rings. The molecule has 2 saturated carbocycles. The molecule has 7 atom stereocenters. The van der Waals surface area contributed by atoms with Gasteiger partial charge in [-0.05, 0) is 79.6 Å². The van der Waals surface area contributed by atoms with Crippen LogP contribution in [0.5, 0.6) is 0 Å². The molecule has 0 bridgehead atoms. The maximum absolute atomic E-state index is 11.9. The summed E-state index contributed by atoms with van der Waals surface area (Å²) in [7, 11) is 0. The topological polar surface area (TPSA) is 37.3 Å². The van der Waals surface area contributed by atoms with Crippen molar-refractivity contribution in [3.05, 3.63) is 11.6 Å².